The summed E-state index contributed by atoms with van der Waals surface area (Å²) < 4.78 is 5.93. The van der Waals surface area contributed by atoms with Crippen LogP contribution in [0.2, 0.25) is 0 Å². The molecule has 1 amide bonds. The van der Waals surface area contributed by atoms with E-state index in [0.29, 0.717) is 24.2 Å². The van der Waals surface area contributed by atoms with Crippen LogP contribution in [0, 0.1) is 0 Å². The molecule has 0 unspecified atom stereocenters. The highest BCUT2D eigenvalue weighted by Crippen LogP contribution is 2.28. The molecule has 0 aromatic heterocycles. The van der Waals surface area contributed by atoms with Gasteiger partial charge in [-0.3, -0.25) is 4.79 Å². The first-order valence-corrected chi connectivity index (χ1v) is 9.65. The van der Waals surface area contributed by atoms with Gasteiger partial charge in [0.05, 0.1) is 6.10 Å². The van der Waals surface area contributed by atoms with Crippen LogP contribution in [0.4, 0.5) is 0 Å². The van der Waals surface area contributed by atoms with Gasteiger partial charge in [0, 0.05) is 5.56 Å². The zero-order valence-electron chi connectivity index (χ0n) is 13.6. The maximum atomic E-state index is 12.6. The zero-order chi connectivity index (χ0) is 17.0. The van der Waals surface area contributed by atoms with Crippen molar-refractivity contribution < 1.29 is 19.4 Å². The number of carbonyl (C=O) groups is 2. The van der Waals surface area contributed by atoms with Crippen molar-refractivity contribution in [3.63, 3.8) is 0 Å². The van der Waals surface area contributed by atoms with Gasteiger partial charge in [0.15, 0.2) is 0 Å². The average molecular weight is 349 g/mol. The van der Waals surface area contributed by atoms with Gasteiger partial charge in [0.1, 0.15) is 11.3 Å². The highest BCUT2D eigenvalue weighted by Gasteiger charge is 2.41. The number of carboxylic acid groups (broad SMARTS) is 1. The number of benzene rings is 1. The van der Waals surface area contributed by atoms with Crippen molar-refractivity contribution in [1.29, 1.82) is 0 Å². The van der Waals surface area contributed by atoms with E-state index in [1.54, 1.807) is 30.0 Å². The molecule has 1 saturated carbocycles. The molecule has 1 saturated heterocycles. The van der Waals surface area contributed by atoms with Crippen LogP contribution in [0.25, 0.3) is 0 Å². The van der Waals surface area contributed by atoms with E-state index in [4.69, 9.17) is 4.74 Å². The number of thioether (sulfide) groups is 1. The molecule has 1 aromatic rings. The molecule has 0 spiro atoms. The summed E-state index contributed by atoms with van der Waals surface area (Å²) in [6, 6.07) is 7.04. The van der Waals surface area contributed by atoms with Gasteiger partial charge >= 0.3 is 5.97 Å². The molecule has 0 bridgehead atoms. The van der Waals surface area contributed by atoms with E-state index < -0.39 is 11.5 Å². The molecule has 3 rings (SSSR count). The van der Waals surface area contributed by atoms with E-state index in [1.807, 2.05) is 6.07 Å². The van der Waals surface area contributed by atoms with E-state index in [-0.39, 0.29) is 12.0 Å². The molecule has 5 nitrogen and oxygen atoms in total. The van der Waals surface area contributed by atoms with Crippen molar-refractivity contribution in [2.75, 3.05) is 11.5 Å². The van der Waals surface area contributed by atoms with Crippen LogP contribution in [0.3, 0.4) is 0 Å². The van der Waals surface area contributed by atoms with Crippen molar-refractivity contribution in [3.8, 4) is 5.75 Å². The Labute approximate surface area is 146 Å². The second-order valence-electron chi connectivity index (χ2n) is 6.51. The molecule has 0 radical (unpaired) electrons. The third kappa shape index (κ3) is 3.86. The molecule has 2 aliphatic rings. The van der Waals surface area contributed by atoms with Crippen LogP contribution in [-0.2, 0) is 4.79 Å². The number of hydrogen-bond donors (Lipinski definition) is 2. The number of amides is 1. The van der Waals surface area contributed by atoms with Gasteiger partial charge in [-0.25, -0.2) is 4.79 Å². The smallest absolute Gasteiger partial charge is 0.329 e. The van der Waals surface area contributed by atoms with Crippen molar-refractivity contribution in [1.82, 2.24) is 5.32 Å². The number of carbonyl (C=O) groups excluding carboxylic acids is 1. The second kappa shape index (κ2) is 7.47. The Bertz CT molecular complexity index is 607. The maximum absolute atomic E-state index is 12.6. The molecule has 0 atom stereocenters. The minimum Gasteiger partial charge on any atom is -0.490 e. The lowest BCUT2D eigenvalue weighted by molar-refractivity contribution is -0.144. The molecule has 1 heterocycles. The van der Waals surface area contributed by atoms with Crippen LogP contribution < -0.4 is 10.1 Å². The van der Waals surface area contributed by atoms with Gasteiger partial charge in [0.25, 0.3) is 5.91 Å². The standard InChI is InChI=1S/C18H23NO4S/c20-16(19-18(17(21)22)8-10-24-11-9-18)13-4-3-7-15(12-13)23-14-5-1-2-6-14/h3-4,7,12,14H,1-2,5-6,8-11H2,(H,19,20)(H,21,22). The zero-order valence-corrected chi connectivity index (χ0v) is 14.4. The van der Waals surface area contributed by atoms with Crippen molar-refractivity contribution in [3.05, 3.63) is 29.8 Å². The highest BCUT2D eigenvalue weighted by atomic mass is 32.2. The Morgan fingerprint density at radius 2 is 1.92 bits per heavy atom. The van der Waals surface area contributed by atoms with E-state index in [2.05, 4.69) is 5.32 Å². The predicted molar refractivity (Wildman–Crippen MR) is 93.7 cm³/mol. The minimum absolute atomic E-state index is 0.226. The fourth-order valence-electron chi connectivity index (χ4n) is 3.31. The van der Waals surface area contributed by atoms with Crippen LogP contribution in [0.5, 0.6) is 5.75 Å². The monoisotopic (exact) mass is 349 g/mol. The first-order chi connectivity index (χ1) is 11.6. The molecular weight excluding hydrogens is 326 g/mol. The summed E-state index contributed by atoms with van der Waals surface area (Å²) in [6.45, 7) is 0. The normalized spacial score (nSPS) is 20.5. The summed E-state index contributed by atoms with van der Waals surface area (Å²) >= 11 is 1.72. The summed E-state index contributed by atoms with van der Waals surface area (Å²) in [4.78, 5) is 24.3. The number of rotatable bonds is 5. The second-order valence-corrected chi connectivity index (χ2v) is 7.73. The van der Waals surface area contributed by atoms with Crippen LogP contribution in [0.1, 0.15) is 48.9 Å². The number of carboxylic acids is 1. The Kier molecular flexibility index (Phi) is 5.33. The van der Waals surface area contributed by atoms with Gasteiger partial charge in [-0.1, -0.05) is 6.07 Å². The molecule has 1 aromatic carbocycles. The molecule has 2 fully saturated rings. The number of ether oxygens (including phenoxy) is 1. The average Bonchev–Trinajstić information content (AvgIpc) is 3.09. The third-order valence-corrected chi connectivity index (χ3v) is 5.80. The summed E-state index contributed by atoms with van der Waals surface area (Å²) in [7, 11) is 0. The SMILES string of the molecule is O=C(NC1(C(=O)O)CCSCC1)c1cccc(OC2CCCC2)c1. The summed E-state index contributed by atoms with van der Waals surface area (Å²) in [5.41, 5.74) is -0.700. The van der Waals surface area contributed by atoms with Gasteiger partial charge in [-0.2, -0.15) is 11.8 Å². The predicted octanol–water partition coefficient (Wildman–Crippen LogP) is 3.09. The number of aliphatic carboxylic acids is 1. The van der Waals surface area contributed by atoms with Crippen LogP contribution in [-0.4, -0.2) is 40.1 Å². The fraction of sp³-hybridized carbons (Fsp3) is 0.556. The van der Waals surface area contributed by atoms with Crippen molar-refractivity contribution >= 4 is 23.6 Å². The topological polar surface area (TPSA) is 75.6 Å². The highest BCUT2D eigenvalue weighted by molar-refractivity contribution is 7.99. The quantitative estimate of drug-likeness (QED) is 0.854. The molecule has 1 aliphatic heterocycles. The fourth-order valence-corrected chi connectivity index (χ4v) is 4.50. The Balaban J connectivity index is 1.70. The molecule has 6 heteroatoms. The molecule has 24 heavy (non-hydrogen) atoms. The molecule has 2 N–H and O–H groups in total. The maximum Gasteiger partial charge on any atom is 0.329 e. The van der Waals surface area contributed by atoms with Crippen molar-refractivity contribution in [2.24, 2.45) is 0 Å². The largest absolute Gasteiger partial charge is 0.490 e. The van der Waals surface area contributed by atoms with Crippen LogP contribution in [0.15, 0.2) is 24.3 Å². The lowest BCUT2D eigenvalue weighted by Gasteiger charge is -2.33. The van der Waals surface area contributed by atoms with Crippen molar-refractivity contribution in [2.45, 2.75) is 50.2 Å². The van der Waals surface area contributed by atoms with Gasteiger partial charge in [0.2, 0.25) is 0 Å². The lowest BCUT2D eigenvalue weighted by atomic mass is 9.92. The number of nitrogens with one attached hydrogen (secondary N) is 1. The van der Waals surface area contributed by atoms with Gasteiger partial charge in [-0.05, 0) is 68.2 Å². The lowest BCUT2D eigenvalue weighted by Crippen LogP contribution is -2.56. The first kappa shape index (κ1) is 17.1. The Morgan fingerprint density at radius 1 is 1.21 bits per heavy atom. The first-order valence-electron chi connectivity index (χ1n) is 8.49. The van der Waals surface area contributed by atoms with E-state index in [1.165, 1.54) is 12.8 Å². The summed E-state index contributed by atoms with van der Waals surface area (Å²) in [5.74, 6) is 0.878. The van der Waals surface area contributed by atoms with E-state index >= 15 is 0 Å². The van der Waals surface area contributed by atoms with E-state index in [9.17, 15) is 14.7 Å². The van der Waals surface area contributed by atoms with Crippen LogP contribution >= 0.6 is 11.8 Å². The Morgan fingerprint density at radius 3 is 2.58 bits per heavy atom. The summed E-state index contributed by atoms with van der Waals surface area (Å²) in [6.07, 6.45) is 5.61. The van der Waals surface area contributed by atoms with Gasteiger partial charge < -0.3 is 15.2 Å². The minimum atomic E-state index is -1.15. The summed E-state index contributed by atoms with van der Waals surface area (Å²) in [5, 5.41) is 12.3. The third-order valence-electron chi connectivity index (χ3n) is 4.81. The molecule has 130 valence electrons. The molecule has 1 aliphatic carbocycles. The Hall–Kier alpha value is -1.69. The van der Waals surface area contributed by atoms with Gasteiger partial charge in [-0.15, -0.1) is 0 Å². The van der Waals surface area contributed by atoms with E-state index in [0.717, 1.165) is 24.3 Å². The molecular formula is C18H23NO4S. The number of hydrogen-bond acceptors (Lipinski definition) is 4.